The molecule has 2 aromatic heterocycles. The molecule has 1 aliphatic heterocycles. The van der Waals surface area contributed by atoms with Crippen molar-refractivity contribution in [3.8, 4) is 0 Å². The molecule has 0 aromatic carbocycles. The van der Waals surface area contributed by atoms with Gasteiger partial charge in [-0.25, -0.2) is 9.78 Å². The average Bonchev–Trinajstić information content (AvgIpc) is 3.26. The van der Waals surface area contributed by atoms with Gasteiger partial charge in [0.15, 0.2) is 11.6 Å². The first kappa shape index (κ1) is 20.7. The Morgan fingerprint density at radius 2 is 2.13 bits per heavy atom. The highest BCUT2D eigenvalue weighted by Crippen LogP contribution is 2.48. The third-order valence-corrected chi connectivity index (χ3v) is 6.60. The number of rotatable bonds is 4. The minimum Gasteiger partial charge on any atom is -0.465 e. The zero-order chi connectivity index (χ0) is 21.5. The van der Waals surface area contributed by atoms with E-state index in [9.17, 15) is 15.0 Å². The summed E-state index contributed by atoms with van der Waals surface area (Å²) in [5.41, 5.74) is 0.859. The highest BCUT2D eigenvalue weighted by Gasteiger charge is 2.48. The summed E-state index contributed by atoms with van der Waals surface area (Å²) in [5.74, 6) is 1.50. The molecule has 2 fully saturated rings. The monoisotopic (exact) mass is 435 g/mol. The number of aromatic nitrogens is 4. The van der Waals surface area contributed by atoms with Gasteiger partial charge in [0, 0.05) is 31.9 Å². The molecule has 1 saturated carbocycles. The van der Waals surface area contributed by atoms with E-state index in [-0.39, 0.29) is 11.5 Å². The van der Waals surface area contributed by atoms with Crippen LogP contribution in [0.2, 0.25) is 5.02 Å². The molecule has 30 heavy (non-hydrogen) atoms. The zero-order valence-corrected chi connectivity index (χ0v) is 17.7. The number of likely N-dealkylation sites (N-methyl/N-ethyl adjacent to an activating group) is 1. The van der Waals surface area contributed by atoms with E-state index in [2.05, 4.69) is 25.5 Å². The van der Waals surface area contributed by atoms with Crippen LogP contribution in [0, 0.1) is 12.3 Å². The quantitative estimate of drug-likeness (QED) is 0.576. The highest BCUT2D eigenvalue weighted by atomic mass is 35.5. The van der Waals surface area contributed by atoms with E-state index in [0.717, 1.165) is 25.0 Å². The Kier molecular flexibility index (Phi) is 5.46. The van der Waals surface area contributed by atoms with Crippen LogP contribution in [0.15, 0.2) is 12.3 Å². The van der Waals surface area contributed by atoms with Crippen LogP contribution >= 0.6 is 11.6 Å². The van der Waals surface area contributed by atoms with E-state index in [1.807, 2.05) is 24.9 Å². The molecule has 2 unspecified atom stereocenters. The van der Waals surface area contributed by atoms with Crippen LogP contribution in [-0.2, 0) is 0 Å². The van der Waals surface area contributed by atoms with E-state index >= 15 is 0 Å². The maximum absolute atomic E-state index is 11.2. The van der Waals surface area contributed by atoms with E-state index in [0.29, 0.717) is 42.1 Å². The number of likely N-dealkylation sites (tertiary alicyclic amines) is 1. The highest BCUT2D eigenvalue weighted by molar-refractivity contribution is 6.32. The standard InChI is InChI=1S/C19H26ClN7O3/c1-11-7-15(25-24-11)22-16-12(20)10-21-17(23-16)26(2)13-8-19(9-14(13)28)3-5-27(6-4-19)18(29)30/h7,10,13-14,28H,3-6,8-9H2,1-2H3,(H,29,30)(H2,21,22,23,24,25). The summed E-state index contributed by atoms with van der Waals surface area (Å²) in [7, 11) is 1.87. The molecule has 1 amide bonds. The smallest absolute Gasteiger partial charge is 0.407 e. The number of nitrogens with zero attached hydrogens (tertiary/aromatic N) is 5. The summed E-state index contributed by atoms with van der Waals surface area (Å²) in [6.07, 6.45) is 3.06. The van der Waals surface area contributed by atoms with E-state index in [4.69, 9.17) is 11.6 Å². The van der Waals surface area contributed by atoms with Crippen LogP contribution in [0.4, 0.5) is 22.4 Å². The predicted molar refractivity (Wildman–Crippen MR) is 112 cm³/mol. The van der Waals surface area contributed by atoms with Gasteiger partial charge in [-0.15, -0.1) is 0 Å². The molecular weight excluding hydrogens is 410 g/mol. The fraction of sp³-hybridized carbons (Fsp3) is 0.579. The molecule has 10 nitrogen and oxygen atoms in total. The molecule has 0 radical (unpaired) electrons. The summed E-state index contributed by atoms with van der Waals surface area (Å²) in [4.78, 5) is 23.4. The molecule has 2 aromatic rings. The molecular formula is C19H26ClN7O3. The van der Waals surface area contributed by atoms with Crippen molar-refractivity contribution >= 4 is 35.3 Å². The second-order valence-corrected chi connectivity index (χ2v) is 8.76. The number of amides is 1. The third-order valence-electron chi connectivity index (χ3n) is 6.32. The van der Waals surface area contributed by atoms with Gasteiger partial charge in [0.2, 0.25) is 5.95 Å². The molecule has 11 heteroatoms. The van der Waals surface area contributed by atoms with Gasteiger partial charge in [-0.05, 0) is 38.0 Å². The summed E-state index contributed by atoms with van der Waals surface area (Å²) >= 11 is 6.26. The first-order chi connectivity index (χ1) is 14.3. The number of carbonyl (C=O) groups is 1. The van der Waals surface area contributed by atoms with Gasteiger partial charge >= 0.3 is 6.09 Å². The Morgan fingerprint density at radius 1 is 1.40 bits per heavy atom. The van der Waals surface area contributed by atoms with E-state index in [1.54, 1.807) is 0 Å². The number of hydrogen-bond donors (Lipinski definition) is 4. The first-order valence-corrected chi connectivity index (χ1v) is 10.3. The van der Waals surface area contributed by atoms with Crippen LogP contribution in [0.1, 0.15) is 31.4 Å². The Hall–Kier alpha value is -2.59. The molecule has 0 bridgehead atoms. The second kappa shape index (κ2) is 7.92. The second-order valence-electron chi connectivity index (χ2n) is 8.35. The number of piperidine rings is 1. The van der Waals surface area contributed by atoms with Gasteiger partial charge in [-0.1, -0.05) is 11.6 Å². The van der Waals surface area contributed by atoms with Crippen LogP contribution in [0.25, 0.3) is 0 Å². The summed E-state index contributed by atoms with van der Waals surface area (Å²) in [5, 5.41) is 30.4. The lowest BCUT2D eigenvalue weighted by atomic mass is 9.77. The number of H-pyrrole nitrogens is 1. The summed E-state index contributed by atoms with van der Waals surface area (Å²) in [6, 6.07) is 1.69. The minimum atomic E-state index is -0.876. The lowest BCUT2D eigenvalue weighted by Crippen LogP contribution is -2.42. The topological polar surface area (TPSA) is 130 Å². The van der Waals surface area contributed by atoms with Crippen molar-refractivity contribution in [1.82, 2.24) is 25.1 Å². The van der Waals surface area contributed by atoms with Crippen molar-refractivity contribution in [3.63, 3.8) is 0 Å². The van der Waals surface area contributed by atoms with Gasteiger partial charge in [-0.2, -0.15) is 10.1 Å². The maximum atomic E-state index is 11.2. The van der Waals surface area contributed by atoms with Crippen molar-refractivity contribution < 1.29 is 15.0 Å². The molecule has 3 heterocycles. The van der Waals surface area contributed by atoms with Gasteiger partial charge in [0.25, 0.3) is 0 Å². The van der Waals surface area contributed by atoms with Crippen molar-refractivity contribution in [2.24, 2.45) is 5.41 Å². The largest absolute Gasteiger partial charge is 0.465 e. The number of hydrogen-bond acceptors (Lipinski definition) is 7. The van der Waals surface area contributed by atoms with Crippen LogP contribution in [-0.4, -0.2) is 73.7 Å². The van der Waals surface area contributed by atoms with E-state index in [1.165, 1.54) is 11.1 Å². The Bertz CT molecular complexity index is 929. The molecule has 162 valence electrons. The molecule has 2 aliphatic rings. The molecule has 4 N–H and O–H groups in total. The number of aliphatic hydroxyl groups excluding tert-OH is 1. The van der Waals surface area contributed by atoms with Crippen molar-refractivity contribution in [1.29, 1.82) is 0 Å². The zero-order valence-electron chi connectivity index (χ0n) is 17.0. The number of aliphatic hydroxyl groups is 1. The maximum Gasteiger partial charge on any atom is 0.407 e. The van der Waals surface area contributed by atoms with Gasteiger partial charge in [-0.3, -0.25) is 5.10 Å². The minimum absolute atomic E-state index is 0.0512. The Morgan fingerprint density at radius 3 is 2.77 bits per heavy atom. The predicted octanol–water partition coefficient (Wildman–Crippen LogP) is 2.62. The number of carboxylic acid groups (broad SMARTS) is 1. The number of nitrogens with one attached hydrogen (secondary N) is 2. The van der Waals surface area contributed by atoms with Gasteiger partial charge < -0.3 is 25.3 Å². The summed E-state index contributed by atoms with van der Waals surface area (Å²) in [6.45, 7) is 2.91. The molecule has 1 aliphatic carbocycles. The van der Waals surface area contributed by atoms with Gasteiger partial charge in [0.05, 0.1) is 18.3 Å². The first-order valence-electron chi connectivity index (χ1n) is 9.97. The molecule has 2 atom stereocenters. The summed E-state index contributed by atoms with van der Waals surface area (Å²) < 4.78 is 0. The lowest BCUT2D eigenvalue weighted by molar-refractivity contribution is 0.0807. The lowest BCUT2D eigenvalue weighted by Gasteiger charge is -2.38. The average molecular weight is 436 g/mol. The Balaban J connectivity index is 1.48. The van der Waals surface area contributed by atoms with Crippen molar-refractivity contribution in [3.05, 3.63) is 23.0 Å². The SMILES string of the molecule is Cc1cc(Nc2nc(N(C)C3CC4(CCN(C(=O)O)CC4)CC3O)ncc2Cl)n[nH]1. The van der Waals surface area contributed by atoms with Crippen molar-refractivity contribution in [2.75, 3.05) is 30.4 Å². The molecule has 4 rings (SSSR count). The van der Waals surface area contributed by atoms with Crippen LogP contribution < -0.4 is 10.2 Å². The number of aromatic amines is 1. The Labute approximate surface area is 179 Å². The number of halogens is 1. The molecule has 1 saturated heterocycles. The fourth-order valence-corrected chi connectivity index (χ4v) is 4.72. The normalized spacial score (nSPS) is 23.0. The fourth-order valence-electron chi connectivity index (χ4n) is 4.59. The van der Waals surface area contributed by atoms with E-state index < -0.39 is 12.2 Å². The van der Waals surface area contributed by atoms with Crippen molar-refractivity contribution in [2.45, 2.75) is 44.8 Å². The van der Waals surface area contributed by atoms with Gasteiger partial charge in [0.1, 0.15) is 5.02 Å². The number of aryl methyl sites for hydroxylation is 1. The van der Waals surface area contributed by atoms with Crippen LogP contribution in [0.5, 0.6) is 0 Å². The van der Waals surface area contributed by atoms with Crippen LogP contribution in [0.3, 0.4) is 0 Å². The third kappa shape index (κ3) is 4.01. The number of anilines is 3. The molecule has 1 spiro atoms.